The topological polar surface area (TPSA) is 85.5 Å². The summed E-state index contributed by atoms with van der Waals surface area (Å²) in [5, 5.41) is 11.3. The van der Waals surface area contributed by atoms with Crippen LogP contribution in [-0.4, -0.2) is 43.1 Å². The van der Waals surface area contributed by atoms with Crippen molar-refractivity contribution in [1.82, 2.24) is 35.4 Å². The van der Waals surface area contributed by atoms with E-state index in [1.807, 2.05) is 36.7 Å². The van der Waals surface area contributed by atoms with E-state index in [-0.39, 0.29) is 0 Å². The lowest BCUT2D eigenvalue weighted by atomic mass is 10.1. The third kappa shape index (κ3) is 5.46. The Morgan fingerprint density at radius 1 is 1.00 bits per heavy atom. The van der Waals surface area contributed by atoms with Gasteiger partial charge < -0.3 is 15.2 Å². The Bertz CT molecular complexity index is 1640. The van der Waals surface area contributed by atoms with Crippen LogP contribution < -0.4 is 5.32 Å². The van der Waals surface area contributed by atoms with Crippen molar-refractivity contribution in [2.24, 2.45) is 0 Å². The molecule has 0 unspecified atom stereocenters. The van der Waals surface area contributed by atoms with E-state index < -0.39 is 0 Å². The number of pyridine rings is 2. The van der Waals surface area contributed by atoms with E-state index in [2.05, 4.69) is 86.4 Å². The molecule has 0 saturated carbocycles. The lowest BCUT2D eigenvalue weighted by Gasteiger charge is -2.31. The minimum Gasteiger partial charge on any atom is -0.371 e. The quantitative estimate of drug-likeness (QED) is 0.187. The first-order valence-corrected chi connectivity index (χ1v) is 14.0. The molecular weight excluding hydrogens is 494 g/mol. The number of aromatic nitrogens is 5. The minimum absolute atomic E-state index is 0.733. The molecule has 4 aromatic heterocycles. The van der Waals surface area contributed by atoms with Crippen molar-refractivity contribution in [2.75, 3.05) is 13.1 Å². The zero-order valence-corrected chi connectivity index (χ0v) is 23.0. The van der Waals surface area contributed by atoms with Crippen molar-refractivity contribution in [3.05, 3.63) is 108 Å². The second-order valence-corrected chi connectivity index (χ2v) is 10.4. The number of hydrogen-bond acceptors (Lipinski definition) is 5. The van der Waals surface area contributed by atoms with Gasteiger partial charge in [-0.15, -0.1) is 0 Å². The molecule has 1 aromatic carbocycles. The predicted molar refractivity (Wildman–Crippen MR) is 162 cm³/mol. The van der Waals surface area contributed by atoms with Crippen LogP contribution >= 0.6 is 0 Å². The average Bonchev–Trinajstić information content (AvgIpc) is 3.60. The number of benzene rings is 1. The van der Waals surface area contributed by atoms with Gasteiger partial charge in [-0.1, -0.05) is 43.0 Å². The van der Waals surface area contributed by atoms with E-state index in [4.69, 9.17) is 4.98 Å². The molecule has 0 atom stereocenters. The smallest absolute Gasteiger partial charge is 0.135 e. The van der Waals surface area contributed by atoms with E-state index in [0.29, 0.717) is 0 Å². The van der Waals surface area contributed by atoms with E-state index >= 15 is 0 Å². The zero-order chi connectivity index (χ0) is 27.3. The number of rotatable bonds is 9. The molecule has 7 heteroatoms. The number of aryl methyl sites for hydroxylation is 1. The molecule has 5 heterocycles. The highest BCUT2D eigenvalue weighted by molar-refractivity contribution is 5.91. The summed E-state index contributed by atoms with van der Waals surface area (Å²) < 4.78 is 0. The molecule has 1 saturated heterocycles. The Labute approximate surface area is 235 Å². The number of nitrogens with one attached hydrogen (secondary N) is 3. The minimum atomic E-state index is 0.733. The molecule has 0 radical (unpaired) electrons. The highest BCUT2D eigenvalue weighted by Crippen LogP contribution is 2.33. The third-order valence-corrected chi connectivity index (χ3v) is 7.52. The first-order chi connectivity index (χ1) is 19.7. The molecule has 40 heavy (non-hydrogen) atoms. The monoisotopic (exact) mass is 529 g/mol. The van der Waals surface area contributed by atoms with Crippen LogP contribution in [0.1, 0.15) is 41.6 Å². The number of hydrogen-bond donors (Lipinski definition) is 3. The van der Waals surface area contributed by atoms with Crippen LogP contribution in [0.3, 0.4) is 0 Å². The molecule has 3 N–H and O–H groups in total. The maximum atomic E-state index is 5.05. The molecule has 0 spiro atoms. The molecule has 202 valence electrons. The number of H-pyrrole nitrogens is 2. The van der Waals surface area contributed by atoms with Gasteiger partial charge >= 0.3 is 0 Å². The van der Waals surface area contributed by atoms with Crippen LogP contribution in [-0.2, 0) is 13.1 Å². The highest BCUT2D eigenvalue weighted by Gasteiger charge is 2.20. The lowest BCUT2D eigenvalue weighted by molar-refractivity contribution is 0.326. The summed E-state index contributed by atoms with van der Waals surface area (Å²) in [7, 11) is 0. The molecular formula is C33H35N7. The first-order valence-electron chi connectivity index (χ1n) is 14.0. The maximum Gasteiger partial charge on any atom is 0.135 e. The van der Waals surface area contributed by atoms with Gasteiger partial charge in [-0.25, -0.2) is 4.98 Å². The second-order valence-electron chi connectivity index (χ2n) is 10.4. The number of piperidine rings is 1. The van der Waals surface area contributed by atoms with Crippen LogP contribution in [0.2, 0.25) is 0 Å². The SMILES string of the molecule is C=C/C=C(\c1cc(-c2n[nH]c3ccc(-c4cncc(CNCc5ccccc5)c4)nc23)[nH]c1C)N1CCCCC1. The van der Waals surface area contributed by atoms with Gasteiger partial charge in [0.1, 0.15) is 11.2 Å². The second kappa shape index (κ2) is 11.7. The Morgan fingerprint density at radius 2 is 1.82 bits per heavy atom. The van der Waals surface area contributed by atoms with E-state index in [9.17, 15) is 0 Å². The van der Waals surface area contributed by atoms with Crippen LogP contribution in [0.4, 0.5) is 0 Å². The Kier molecular flexibility index (Phi) is 7.55. The van der Waals surface area contributed by atoms with Crippen molar-refractivity contribution in [3.63, 3.8) is 0 Å². The number of likely N-dealkylation sites (tertiary alicyclic amines) is 1. The molecule has 1 fully saturated rings. The van der Waals surface area contributed by atoms with Crippen molar-refractivity contribution < 1.29 is 0 Å². The Morgan fingerprint density at radius 3 is 2.65 bits per heavy atom. The first kappa shape index (κ1) is 25.8. The van der Waals surface area contributed by atoms with Gasteiger partial charge in [0.2, 0.25) is 0 Å². The lowest BCUT2D eigenvalue weighted by Crippen LogP contribution is -2.28. The standard InChI is InChI=1S/C33H35N7/c1-3-10-31(40-15-8-5-9-16-40)27-18-30(36-23(27)2)33-32-29(38-39-33)14-13-28(37-32)26-17-25(21-35-22-26)20-34-19-24-11-6-4-7-12-24/h3-4,6-7,10-14,17-18,21-22,34,36H,1,5,8-9,15-16,19-20H2,2H3,(H,38,39)/b31-10+. The zero-order valence-electron chi connectivity index (χ0n) is 23.0. The van der Waals surface area contributed by atoms with Crippen molar-refractivity contribution >= 4 is 16.7 Å². The summed E-state index contributed by atoms with van der Waals surface area (Å²) >= 11 is 0. The van der Waals surface area contributed by atoms with E-state index in [1.165, 1.54) is 36.1 Å². The normalized spacial score (nSPS) is 14.1. The number of nitrogens with zero attached hydrogens (tertiary/aromatic N) is 4. The van der Waals surface area contributed by atoms with E-state index in [1.54, 1.807) is 0 Å². The Balaban J connectivity index is 1.26. The van der Waals surface area contributed by atoms with Gasteiger partial charge in [0.15, 0.2) is 0 Å². The van der Waals surface area contributed by atoms with Gasteiger partial charge in [-0.2, -0.15) is 5.10 Å². The van der Waals surface area contributed by atoms with Crippen molar-refractivity contribution in [2.45, 2.75) is 39.3 Å². The van der Waals surface area contributed by atoms with Crippen LogP contribution in [0.5, 0.6) is 0 Å². The van der Waals surface area contributed by atoms with E-state index in [0.717, 1.165) is 71.1 Å². The molecule has 1 aliphatic heterocycles. The van der Waals surface area contributed by atoms with Gasteiger partial charge in [-0.05, 0) is 67.7 Å². The number of fused-ring (bicyclic) bond motifs is 1. The summed E-state index contributed by atoms with van der Waals surface area (Å²) in [6, 6.07) is 18.8. The fraction of sp³-hybridized carbons (Fsp3) is 0.242. The average molecular weight is 530 g/mol. The molecule has 0 bridgehead atoms. The van der Waals surface area contributed by atoms with Crippen molar-refractivity contribution in [1.29, 1.82) is 0 Å². The summed E-state index contributed by atoms with van der Waals surface area (Å²) in [6.07, 6.45) is 11.5. The van der Waals surface area contributed by atoms with Crippen LogP contribution in [0.15, 0.2) is 85.7 Å². The molecule has 1 aliphatic rings. The predicted octanol–water partition coefficient (Wildman–Crippen LogP) is 6.63. The summed E-state index contributed by atoms with van der Waals surface area (Å²) in [6.45, 7) is 9.79. The fourth-order valence-electron chi connectivity index (χ4n) is 5.48. The third-order valence-electron chi connectivity index (χ3n) is 7.52. The van der Waals surface area contributed by atoms with Gasteiger partial charge in [-0.3, -0.25) is 10.1 Å². The molecule has 6 rings (SSSR count). The molecule has 7 nitrogen and oxygen atoms in total. The summed E-state index contributed by atoms with van der Waals surface area (Å²) in [5.74, 6) is 0. The van der Waals surface area contributed by atoms with Crippen LogP contribution in [0.25, 0.3) is 39.4 Å². The number of aromatic amines is 2. The largest absolute Gasteiger partial charge is 0.371 e. The highest BCUT2D eigenvalue weighted by atomic mass is 15.1. The molecule has 0 aliphatic carbocycles. The van der Waals surface area contributed by atoms with Gasteiger partial charge in [0.05, 0.1) is 16.9 Å². The molecule has 5 aromatic rings. The number of allylic oxidation sites excluding steroid dienone is 2. The van der Waals surface area contributed by atoms with Crippen molar-refractivity contribution in [3.8, 4) is 22.6 Å². The fourth-order valence-corrected chi connectivity index (χ4v) is 5.48. The summed E-state index contributed by atoms with van der Waals surface area (Å²) in [4.78, 5) is 15.6. The van der Waals surface area contributed by atoms with Crippen LogP contribution in [0, 0.1) is 6.92 Å². The van der Waals surface area contributed by atoms with Gasteiger partial charge in [0.25, 0.3) is 0 Å². The molecule has 0 amide bonds. The Hall–Kier alpha value is -4.49. The maximum absolute atomic E-state index is 5.05. The summed E-state index contributed by atoms with van der Waals surface area (Å²) in [5.41, 5.74) is 11.3. The van der Waals surface area contributed by atoms with Gasteiger partial charge in [0, 0.05) is 61.1 Å².